The van der Waals surface area contributed by atoms with Gasteiger partial charge in [-0.3, -0.25) is 4.79 Å². The Morgan fingerprint density at radius 2 is 2.47 bits per heavy atom. The van der Waals surface area contributed by atoms with Crippen LogP contribution in [0, 0.1) is 0 Å². The number of nitrogens with two attached hydrogens (primary N) is 1. The highest BCUT2D eigenvalue weighted by Crippen LogP contribution is 2.08. The number of thiophene rings is 1. The number of nitrogens with zero attached hydrogens (tertiary/aromatic N) is 3. The molecule has 0 aliphatic carbocycles. The van der Waals surface area contributed by atoms with Crippen LogP contribution in [0.4, 0.5) is 0 Å². The van der Waals surface area contributed by atoms with Crippen LogP contribution in [0.3, 0.4) is 0 Å². The lowest BCUT2D eigenvalue weighted by Crippen LogP contribution is -2.29. The molecule has 0 aliphatic heterocycles. The van der Waals surface area contributed by atoms with E-state index in [9.17, 15) is 4.79 Å². The molecule has 0 saturated carbocycles. The van der Waals surface area contributed by atoms with Crippen LogP contribution in [-0.4, -0.2) is 27.4 Å². The van der Waals surface area contributed by atoms with E-state index in [1.54, 1.807) is 17.5 Å². The molecule has 0 aliphatic rings. The van der Waals surface area contributed by atoms with Crippen molar-refractivity contribution in [3.05, 3.63) is 34.3 Å². The second-order valence-corrected chi connectivity index (χ2v) is 5.34. The molecule has 2 heterocycles. The molecule has 102 valence electrons. The van der Waals surface area contributed by atoms with Gasteiger partial charge in [0.05, 0.1) is 11.9 Å². The summed E-state index contributed by atoms with van der Waals surface area (Å²) >= 11 is 1.69. The number of rotatable bonds is 6. The van der Waals surface area contributed by atoms with Crippen molar-refractivity contribution in [2.24, 2.45) is 5.73 Å². The first kappa shape index (κ1) is 13.7. The van der Waals surface area contributed by atoms with Gasteiger partial charge in [-0.25, -0.2) is 4.68 Å². The molecule has 1 amide bonds. The van der Waals surface area contributed by atoms with Crippen LogP contribution >= 0.6 is 11.3 Å². The Hall–Kier alpha value is -1.73. The van der Waals surface area contributed by atoms with Crippen molar-refractivity contribution in [3.63, 3.8) is 0 Å². The third-order valence-electron chi connectivity index (χ3n) is 2.60. The van der Waals surface area contributed by atoms with Crippen molar-refractivity contribution in [2.75, 3.05) is 6.54 Å². The minimum Gasteiger partial charge on any atom is -0.354 e. The standard InChI is InChI=1S/C12H17N5OS/c1-9(13)11-7-17(16-15-11)8-12(18)14-5-4-10-3-2-6-19-10/h2-3,6-7,9H,4-5,8,13H2,1H3,(H,14,18). The lowest BCUT2D eigenvalue weighted by molar-refractivity contribution is -0.121. The molecule has 2 aromatic heterocycles. The van der Waals surface area contributed by atoms with Gasteiger partial charge < -0.3 is 11.1 Å². The lowest BCUT2D eigenvalue weighted by atomic mass is 10.3. The average Bonchev–Trinajstić information content (AvgIpc) is 3.00. The molecule has 2 rings (SSSR count). The fraction of sp³-hybridized carbons (Fsp3) is 0.417. The van der Waals surface area contributed by atoms with Gasteiger partial charge in [0.15, 0.2) is 0 Å². The summed E-state index contributed by atoms with van der Waals surface area (Å²) in [6.45, 7) is 2.63. The van der Waals surface area contributed by atoms with Crippen molar-refractivity contribution < 1.29 is 4.79 Å². The molecule has 0 spiro atoms. The first-order valence-electron chi connectivity index (χ1n) is 6.10. The molecule has 1 atom stereocenters. The average molecular weight is 279 g/mol. The molecule has 0 aromatic carbocycles. The van der Waals surface area contributed by atoms with Crippen LogP contribution in [-0.2, 0) is 17.8 Å². The summed E-state index contributed by atoms with van der Waals surface area (Å²) in [6, 6.07) is 3.89. The van der Waals surface area contributed by atoms with E-state index < -0.39 is 0 Å². The van der Waals surface area contributed by atoms with E-state index in [2.05, 4.69) is 21.7 Å². The highest BCUT2D eigenvalue weighted by molar-refractivity contribution is 7.09. The molecule has 2 aromatic rings. The minimum absolute atomic E-state index is 0.0716. The van der Waals surface area contributed by atoms with Gasteiger partial charge in [-0.05, 0) is 24.8 Å². The predicted octanol–water partition coefficient (Wildman–Crippen LogP) is 0.718. The fourth-order valence-corrected chi connectivity index (χ4v) is 2.29. The Morgan fingerprint density at radius 3 is 3.11 bits per heavy atom. The Kier molecular flexibility index (Phi) is 4.64. The molecule has 7 heteroatoms. The summed E-state index contributed by atoms with van der Waals surface area (Å²) in [5.41, 5.74) is 6.36. The zero-order valence-corrected chi connectivity index (χ0v) is 11.6. The van der Waals surface area contributed by atoms with E-state index in [1.165, 1.54) is 9.56 Å². The van der Waals surface area contributed by atoms with Gasteiger partial charge in [-0.15, -0.1) is 16.4 Å². The third kappa shape index (κ3) is 4.15. The first-order valence-corrected chi connectivity index (χ1v) is 6.98. The van der Waals surface area contributed by atoms with Gasteiger partial charge in [0.1, 0.15) is 6.54 Å². The molecule has 0 saturated heterocycles. The predicted molar refractivity (Wildman–Crippen MR) is 73.7 cm³/mol. The fourth-order valence-electron chi connectivity index (χ4n) is 1.58. The highest BCUT2D eigenvalue weighted by atomic mass is 32.1. The Labute approximate surface area is 115 Å². The number of hydrogen-bond donors (Lipinski definition) is 2. The van der Waals surface area contributed by atoms with Crippen LogP contribution in [0.1, 0.15) is 23.5 Å². The molecular weight excluding hydrogens is 262 g/mol. The number of carbonyl (C=O) groups is 1. The summed E-state index contributed by atoms with van der Waals surface area (Å²) in [5.74, 6) is -0.0716. The maximum atomic E-state index is 11.7. The summed E-state index contributed by atoms with van der Waals surface area (Å²) < 4.78 is 1.50. The van der Waals surface area contributed by atoms with Crippen molar-refractivity contribution in [2.45, 2.75) is 25.9 Å². The molecular formula is C12H17N5OS. The normalized spacial score (nSPS) is 12.3. The van der Waals surface area contributed by atoms with Crippen molar-refractivity contribution in [1.82, 2.24) is 20.3 Å². The quantitative estimate of drug-likeness (QED) is 0.815. The monoisotopic (exact) mass is 279 g/mol. The molecule has 0 fully saturated rings. The molecule has 6 nitrogen and oxygen atoms in total. The van der Waals surface area contributed by atoms with Crippen LogP contribution in [0.2, 0.25) is 0 Å². The Morgan fingerprint density at radius 1 is 1.63 bits per heavy atom. The van der Waals surface area contributed by atoms with Gasteiger partial charge in [0, 0.05) is 17.5 Å². The van der Waals surface area contributed by atoms with Gasteiger partial charge in [-0.2, -0.15) is 0 Å². The summed E-state index contributed by atoms with van der Waals surface area (Å²) in [6.07, 6.45) is 2.55. The smallest absolute Gasteiger partial charge is 0.241 e. The maximum Gasteiger partial charge on any atom is 0.241 e. The van der Waals surface area contributed by atoms with E-state index in [-0.39, 0.29) is 18.5 Å². The Balaban J connectivity index is 1.74. The van der Waals surface area contributed by atoms with Gasteiger partial charge >= 0.3 is 0 Å². The molecule has 0 radical (unpaired) electrons. The van der Waals surface area contributed by atoms with Gasteiger partial charge in [0.25, 0.3) is 0 Å². The van der Waals surface area contributed by atoms with Crippen molar-refractivity contribution in [3.8, 4) is 0 Å². The number of aromatic nitrogens is 3. The van der Waals surface area contributed by atoms with Gasteiger partial charge in [0.2, 0.25) is 5.91 Å². The van der Waals surface area contributed by atoms with Crippen molar-refractivity contribution in [1.29, 1.82) is 0 Å². The van der Waals surface area contributed by atoms with E-state index in [0.717, 1.165) is 6.42 Å². The zero-order valence-electron chi connectivity index (χ0n) is 10.7. The maximum absolute atomic E-state index is 11.7. The third-order valence-corrected chi connectivity index (χ3v) is 3.54. The molecule has 19 heavy (non-hydrogen) atoms. The Bertz CT molecular complexity index is 520. The van der Waals surface area contributed by atoms with Crippen LogP contribution in [0.15, 0.2) is 23.7 Å². The lowest BCUT2D eigenvalue weighted by Gasteiger charge is -2.03. The number of carbonyl (C=O) groups excluding carboxylic acids is 1. The molecule has 3 N–H and O–H groups in total. The van der Waals surface area contributed by atoms with E-state index in [4.69, 9.17) is 5.73 Å². The van der Waals surface area contributed by atoms with Gasteiger partial charge in [-0.1, -0.05) is 11.3 Å². The largest absolute Gasteiger partial charge is 0.354 e. The topological polar surface area (TPSA) is 85.8 Å². The molecule has 0 bridgehead atoms. The van der Waals surface area contributed by atoms with Crippen LogP contribution in [0.5, 0.6) is 0 Å². The van der Waals surface area contributed by atoms with E-state index in [1.807, 2.05) is 18.4 Å². The van der Waals surface area contributed by atoms with Crippen LogP contribution in [0.25, 0.3) is 0 Å². The highest BCUT2D eigenvalue weighted by Gasteiger charge is 2.08. The summed E-state index contributed by atoms with van der Waals surface area (Å²) in [5, 5.41) is 12.6. The minimum atomic E-state index is -0.171. The second kappa shape index (κ2) is 6.44. The van der Waals surface area contributed by atoms with Crippen LogP contribution < -0.4 is 11.1 Å². The molecule has 1 unspecified atom stereocenters. The van der Waals surface area contributed by atoms with E-state index >= 15 is 0 Å². The zero-order chi connectivity index (χ0) is 13.7. The first-order chi connectivity index (χ1) is 9.15. The summed E-state index contributed by atoms with van der Waals surface area (Å²) in [4.78, 5) is 13.0. The number of amides is 1. The second-order valence-electron chi connectivity index (χ2n) is 4.31. The van der Waals surface area contributed by atoms with Crippen molar-refractivity contribution >= 4 is 17.2 Å². The number of nitrogens with one attached hydrogen (secondary N) is 1. The SMILES string of the molecule is CC(N)c1cn(CC(=O)NCCc2cccs2)nn1. The summed E-state index contributed by atoms with van der Waals surface area (Å²) in [7, 11) is 0. The number of hydrogen-bond acceptors (Lipinski definition) is 5. The van der Waals surface area contributed by atoms with E-state index in [0.29, 0.717) is 12.2 Å².